The van der Waals surface area contributed by atoms with Crippen LogP contribution in [-0.2, 0) is 0 Å². The average Bonchev–Trinajstić information content (AvgIpc) is 2.99. The lowest BCUT2D eigenvalue weighted by Crippen LogP contribution is -2.41. The Morgan fingerprint density at radius 2 is 1.78 bits per heavy atom. The molecule has 0 bridgehead atoms. The summed E-state index contributed by atoms with van der Waals surface area (Å²) in [5, 5.41) is 0.617. The third-order valence-corrected chi connectivity index (χ3v) is 3.70. The summed E-state index contributed by atoms with van der Waals surface area (Å²) in [6.45, 7) is 0. The Balaban J connectivity index is 1.69. The van der Waals surface area contributed by atoms with Crippen molar-refractivity contribution in [1.82, 2.24) is 20.8 Å². The minimum atomic E-state index is -0.539. The Bertz CT molecular complexity index is 907. The molecule has 3 aromatic rings. The number of carbonyl (C=O) groups excluding carboxylic acids is 2. The first-order chi connectivity index (χ1) is 11.0. The monoisotopic (exact) mass is 348 g/mol. The van der Waals surface area contributed by atoms with Crippen molar-refractivity contribution < 1.29 is 9.59 Å². The van der Waals surface area contributed by atoms with Gasteiger partial charge in [0.1, 0.15) is 0 Å². The van der Waals surface area contributed by atoms with Crippen molar-refractivity contribution in [3.63, 3.8) is 0 Å². The molecular formula is C15H10Cl2N4O2. The van der Waals surface area contributed by atoms with Gasteiger partial charge in [-0.15, -0.1) is 0 Å². The normalized spacial score (nSPS) is 10.5. The Morgan fingerprint density at radius 3 is 2.57 bits per heavy atom. The topological polar surface area (TPSA) is 86.9 Å². The summed E-state index contributed by atoms with van der Waals surface area (Å²) in [6, 6.07) is 9.42. The Hall–Kier alpha value is -2.57. The number of hydrogen-bond donors (Lipinski definition) is 3. The molecule has 0 unspecified atom stereocenters. The van der Waals surface area contributed by atoms with E-state index in [9.17, 15) is 9.59 Å². The molecule has 3 N–H and O–H groups in total. The third-order valence-electron chi connectivity index (χ3n) is 3.15. The molecule has 116 valence electrons. The summed E-state index contributed by atoms with van der Waals surface area (Å²) >= 11 is 11.7. The number of amides is 2. The number of halogens is 2. The molecule has 1 heterocycles. The number of aromatic nitrogens is 2. The van der Waals surface area contributed by atoms with Gasteiger partial charge in [0.05, 0.1) is 27.9 Å². The van der Waals surface area contributed by atoms with Gasteiger partial charge in [0.2, 0.25) is 0 Å². The third kappa shape index (κ3) is 3.28. The van der Waals surface area contributed by atoms with Crippen LogP contribution in [-0.4, -0.2) is 21.8 Å². The standard InChI is InChI=1S/C15H10Cl2N4O2/c16-9-2-3-10(11(17)6-9)15(23)21-20-14(22)8-1-4-12-13(5-8)19-7-18-12/h1-7H,(H,18,19)(H,20,22)(H,21,23). The van der Waals surface area contributed by atoms with Crippen molar-refractivity contribution in [2.75, 3.05) is 0 Å². The molecule has 1 aromatic heterocycles. The minimum absolute atomic E-state index is 0.197. The van der Waals surface area contributed by atoms with Crippen LogP contribution < -0.4 is 10.9 Å². The van der Waals surface area contributed by atoms with Crippen LogP contribution in [0.2, 0.25) is 10.0 Å². The number of nitrogens with one attached hydrogen (secondary N) is 3. The van der Waals surface area contributed by atoms with Gasteiger partial charge in [-0.1, -0.05) is 23.2 Å². The van der Waals surface area contributed by atoms with E-state index in [0.29, 0.717) is 10.6 Å². The molecule has 0 saturated carbocycles. The highest BCUT2D eigenvalue weighted by atomic mass is 35.5. The minimum Gasteiger partial charge on any atom is -0.345 e. The molecule has 0 atom stereocenters. The predicted octanol–water partition coefficient (Wildman–Crippen LogP) is 2.94. The summed E-state index contributed by atoms with van der Waals surface area (Å²) in [4.78, 5) is 31.1. The Labute approximate surface area is 140 Å². The quantitative estimate of drug-likeness (QED) is 0.622. The van der Waals surface area contributed by atoms with Crippen molar-refractivity contribution in [3.8, 4) is 0 Å². The predicted molar refractivity (Wildman–Crippen MR) is 87.5 cm³/mol. The van der Waals surface area contributed by atoms with E-state index in [-0.39, 0.29) is 10.6 Å². The van der Waals surface area contributed by atoms with Crippen molar-refractivity contribution in [1.29, 1.82) is 0 Å². The molecule has 8 heteroatoms. The number of carbonyl (C=O) groups is 2. The van der Waals surface area contributed by atoms with Crippen LogP contribution in [0, 0.1) is 0 Å². The molecule has 0 aliphatic heterocycles. The molecule has 23 heavy (non-hydrogen) atoms. The first-order valence-electron chi connectivity index (χ1n) is 6.53. The number of hydrazine groups is 1. The number of nitrogens with zero attached hydrogens (tertiary/aromatic N) is 1. The fourth-order valence-electron chi connectivity index (χ4n) is 2.00. The van der Waals surface area contributed by atoms with Crippen LogP contribution in [0.25, 0.3) is 11.0 Å². The highest BCUT2D eigenvalue weighted by molar-refractivity contribution is 6.36. The number of aromatic amines is 1. The van der Waals surface area contributed by atoms with Gasteiger partial charge in [0.15, 0.2) is 0 Å². The van der Waals surface area contributed by atoms with E-state index in [0.717, 1.165) is 11.0 Å². The van der Waals surface area contributed by atoms with Gasteiger partial charge in [-0.3, -0.25) is 20.4 Å². The second kappa shape index (κ2) is 6.28. The van der Waals surface area contributed by atoms with Gasteiger partial charge in [-0.2, -0.15) is 0 Å². The summed E-state index contributed by atoms with van der Waals surface area (Å²) in [5.74, 6) is -0.998. The molecule has 0 radical (unpaired) electrons. The molecule has 3 rings (SSSR count). The van der Waals surface area contributed by atoms with Crippen LogP contribution in [0.4, 0.5) is 0 Å². The van der Waals surface area contributed by atoms with Crippen LogP contribution in [0.1, 0.15) is 20.7 Å². The smallest absolute Gasteiger partial charge is 0.271 e. The number of rotatable bonds is 2. The largest absolute Gasteiger partial charge is 0.345 e. The van der Waals surface area contributed by atoms with E-state index in [1.54, 1.807) is 18.2 Å². The van der Waals surface area contributed by atoms with Crippen molar-refractivity contribution in [2.45, 2.75) is 0 Å². The zero-order valence-corrected chi connectivity index (χ0v) is 13.1. The van der Waals surface area contributed by atoms with E-state index < -0.39 is 11.8 Å². The fraction of sp³-hybridized carbons (Fsp3) is 0. The highest BCUT2D eigenvalue weighted by Crippen LogP contribution is 2.20. The van der Waals surface area contributed by atoms with E-state index in [4.69, 9.17) is 23.2 Å². The van der Waals surface area contributed by atoms with Gasteiger partial charge in [0, 0.05) is 10.6 Å². The lowest BCUT2D eigenvalue weighted by atomic mass is 10.2. The molecule has 0 saturated heterocycles. The van der Waals surface area contributed by atoms with Crippen molar-refractivity contribution >= 4 is 46.0 Å². The first kappa shape index (κ1) is 15.3. The van der Waals surface area contributed by atoms with Gasteiger partial charge >= 0.3 is 0 Å². The molecule has 0 aliphatic rings. The summed E-state index contributed by atoms with van der Waals surface area (Å²) < 4.78 is 0. The van der Waals surface area contributed by atoms with Crippen LogP contribution in [0.3, 0.4) is 0 Å². The van der Waals surface area contributed by atoms with Gasteiger partial charge in [-0.25, -0.2) is 4.98 Å². The molecule has 2 aromatic carbocycles. The molecule has 0 fully saturated rings. The van der Waals surface area contributed by atoms with Crippen molar-refractivity contribution in [2.24, 2.45) is 0 Å². The molecular weight excluding hydrogens is 339 g/mol. The van der Waals surface area contributed by atoms with E-state index in [1.165, 1.54) is 24.5 Å². The number of imidazole rings is 1. The molecule has 6 nitrogen and oxygen atoms in total. The Morgan fingerprint density at radius 1 is 1.00 bits per heavy atom. The van der Waals surface area contributed by atoms with Crippen LogP contribution >= 0.6 is 23.2 Å². The Kier molecular flexibility index (Phi) is 4.18. The number of hydrogen-bond acceptors (Lipinski definition) is 3. The molecule has 0 spiro atoms. The number of fused-ring (bicyclic) bond motifs is 1. The van der Waals surface area contributed by atoms with Gasteiger partial charge in [-0.05, 0) is 36.4 Å². The van der Waals surface area contributed by atoms with E-state index in [2.05, 4.69) is 20.8 Å². The SMILES string of the molecule is O=C(NNC(=O)c1ccc(Cl)cc1Cl)c1ccc2nc[nH]c2c1. The maximum atomic E-state index is 12.1. The molecule has 2 amide bonds. The zero-order valence-electron chi connectivity index (χ0n) is 11.6. The van der Waals surface area contributed by atoms with Crippen LogP contribution in [0.15, 0.2) is 42.7 Å². The fourth-order valence-corrected chi connectivity index (χ4v) is 2.50. The average molecular weight is 349 g/mol. The van der Waals surface area contributed by atoms with Gasteiger partial charge in [0.25, 0.3) is 11.8 Å². The molecule has 0 aliphatic carbocycles. The second-order valence-corrected chi connectivity index (χ2v) is 5.51. The summed E-state index contributed by atoms with van der Waals surface area (Å²) in [5.41, 5.74) is 6.70. The van der Waals surface area contributed by atoms with E-state index in [1.807, 2.05) is 0 Å². The summed E-state index contributed by atoms with van der Waals surface area (Å²) in [7, 11) is 0. The lowest BCUT2D eigenvalue weighted by molar-refractivity contribution is 0.0847. The van der Waals surface area contributed by atoms with Crippen LogP contribution in [0.5, 0.6) is 0 Å². The number of benzene rings is 2. The lowest BCUT2D eigenvalue weighted by Gasteiger charge is -2.08. The first-order valence-corrected chi connectivity index (χ1v) is 7.29. The van der Waals surface area contributed by atoms with Gasteiger partial charge < -0.3 is 4.98 Å². The van der Waals surface area contributed by atoms with Crippen molar-refractivity contribution in [3.05, 3.63) is 63.9 Å². The second-order valence-electron chi connectivity index (χ2n) is 4.67. The maximum Gasteiger partial charge on any atom is 0.271 e. The van der Waals surface area contributed by atoms with E-state index >= 15 is 0 Å². The zero-order chi connectivity index (χ0) is 16.4. The maximum absolute atomic E-state index is 12.1. The highest BCUT2D eigenvalue weighted by Gasteiger charge is 2.13. The number of H-pyrrole nitrogens is 1. The summed E-state index contributed by atoms with van der Waals surface area (Å²) in [6.07, 6.45) is 1.54.